The lowest BCUT2D eigenvalue weighted by atomic mass is 10.1. The average Bonchev–Trinajstić information content (AvgIpc) is 3.19. The standard InChI is InChI=1S/C17H22N4O3S2/c1-6-20(7-2)15(22)13-11(4)12(16(23)24-5)14(26-13)19-17(25)21-9-10(3)8-18-21/h8-9H,6-7H2,1-5H3,(H,19,25). The number of hydrogen-bond acceptors (Lipinski definition) is 6. The molecule has 2 aromatic heterocycles. The SMILES string of the molecule is CCN(CC)C(=O)c1sc(NC(=S)n2cc(C)cn2)c(C(=O)OC)c1C. The summed E-state index contributed by atoms with van der Waals surface area (Å²) in [5, 5.41) is 7.96. The molecule has 0 atom stereocenters. The number of methoxy groups -OCH3 is 1. The number of nitrogens with one attached hydrogen (secondary N) is 1. The summed E-state index contributed by atoms with van der Waals surface area (Å²) in [5.41, 5.74) is 1.86. The predicted octanol–water partition coefficient (Wildman–Crippen LogP) is 3.08. The fourth-order valence-electron chi connectivity index (χ4n) is 2.49. The molecule has 0 radical (unpaired) electrons. The lowest BCUT2D eigenvalue weighted by Gasteiger charge is -2.17. The lowest BCUT2D eigenvalue weighted by molar-refractivity contribution is 0.0601. The molecule has 0 aliphatic heterocycles. The van der Waals surface area contributed by atoms with Crippen LogP contribution in [0, 0.1) is 13.8 Å². The minimum absolute atomic E-state index is 0.114. The first kappa shape index (κ1) is 20.1. The molecular formula is C17H22N4O3S2. The number of ether oxygens (including phenoxy) is 1. The molecular weight excluding hydrogens is 372 g/mol. The Morgan fingerprint density at radius 3 is 2.50 bits per heavy atom. The van der Waals surface area contributed by atoms with E-state index in [2.05, 4.69) is 10.4 Å². The zero-order valence-electron chi connectivity index (χ0n) is 15.5. The van der Waals surface area contributed by atoms with Crippen LogP contribution in [0.15, 0.2) is 12.4 Å². The van der Waals surface area contributed by atoms with Crippen molar-refractivity contribution in [2.45, 2.75) is 27.7 Å². The van der Waals surface area contributed by atoms with E-state index < -0.39 is 5.97 Å². The fourth-order valence-corrected chi connectivity index (χ4v) is 3.91. The summed E-state index contributed by atoms with van der Waals surface area (Å²) in [7, 11) is 1.31. The molecule has 0 fully saturated rings. The molecule has 140 valence electrons. The number of esters is 1. The summed E-state index contributed by atoms with van der Waals surface area (Å²) >= 11 is 6.56. The Bertz CT molecular complexity index is 837. The fraction of sp³-hybridized carbons (Fsp3) is 0.412. The Kier molecular flexibility index (Phi) is 6.49. The van der Waals surface area contributed by atoms with Crippen LogP contribution in [-0.4, -0.2) is 51.9 Å². The maximum atomic E-state index is 12.8. The van der Waals surface area contributed by atoms with Crippen LogP contribution < -0.4 is 5.32 Å². The van der Waals surface area contributed by atoms with Crippen molar-refractivity contribution < 1.29 is 14.3 Å². The number of rotatable bonds is 5. The van der Waals surface area contributed by atoms with Gasteiger partial charge >= 0.3 is 5.97 Å². The zero-order valence-corrected chi connectivity index (χ0v) is 17.1. The van der Waals surface area contributed by atoms with Crippen LogP contribution in [0.3, 0.4) is 0 Å². The van der Waals surface area contributed by atoms with E-state index in [0.717, 1.165) is 5.56 Å². The van der Waals surface area contributed by atoms with Crippen LogP contribution in [0.1, 0.15) is 45.0 Å². The summed E-state index contributed by atoms with van der Waals surface area (Å²) in [6.07, 6.45) is 3.46. The molecule has 0 aliphatic carbocycles. The quantitative estimate of drug-likeness (QED) is 0.620. The van der Waals surface area contributed by atoms with E-state index in [1.807, 2.05) is 20.8 Å². The molecule has 26 heavy (non-hydrogen) atoms. The number of aromatic nitrogens is 2. The maximum absolute atomic E-state index is 12.8. The summed E-state index contributed by atoms with van der Waals surface area (Å²) in [6.45, 7) is 8.66. The van der Waals surface area contributed by atoms with Gasteiger partial charge in [-0.05, 0) is 51.0 Å². The van der Waals surface area contributed by atoms with Gasteiger partial charge in [0.25, 0.3) is 5.91 Å². The summed E-state index contributed by atoms with van der Waals surface area (Å²) < 4.78 is 6.40. The highest BCUT2D eigenvalue weighted by molar-refractivity contribution is 7.80. The highest BCUT2D eigenvalue weighted by atomic mass is 32.1. The third-order valence-electron chi connectivity index (χ3n) is 3.92. The zero-order chi connectivity index (χ0) is 19.4. The molecule has 0 spiro atoms. The molecule has 0 saturated heterocycles. The van der Waals surface area contributed by atoms with Crippen molar-refractivity contribution in [2.75, 3.05) is 25.5 Å². The Hall–Kier alpha value is -2.26. The van der Waals surface area contributed by atoms with Gasteiger partial charge < -0.3 is 15.0 Å². The second-order valence-electron chi connectivity index (χ2n) is 5.62. The number of nitrogens with zero attached hydrogens (tertiary/aromatic N) is 3. The highest BCUT2D eigenvalue weighted by Gasteiger charge is 2.27. The van der Waals surface area contributed by atoms with E-state index in [0.29, 0.717) is 39.2 Å². The van der Waals surface area contributed by atoms with Gasteiger partial charge in [0.1, 0.15) is 5.00 Å². The number of amides is 1. The summed E-state index contributed by atoms with van der Waals surface area (Å²) in [4.78, 5) is 27.2. The largest absolute Gasteiger partial charge is 0.465 e. The molecule has 1 N–H and O–H groups in total. The molecule has 9 heteroatoms. The van der Waals surface area contributed by atoms with Gasteiger partial charge in [-0.15, -0.1) is 11.3 Å². The normalized spacial score (nSPS) is 10.5. The van der Waals surface area contributed by atoms with Crippen molar-refractivity contribution in [1.29, 1.82) is 0 Å². The lowest BCUT2D eigenvalue weighted by Crippen LogP contribution is -2.30. The first-order chi connectivity index (χ1) is 12.3. The molecule has 0 aliphatic rings. The van der Waals surface area contributed by atoms with Crippen LogP contribution in [0.2, 0.25) is 0 Å². The number of carbonyl (C=O) groups is 2. The topological polar surface area (TPSA) is 76.5 Å². The van der Waals surface area contributed by atoms with Gasteiger partial charge in [0.05, 0.1) is 23.7 Å². The Morgan fingerprint density at radius 1 is 1.35 bits per heavy atom. The number of hydrogen-bond donors (Lipinski definition) is 1. The van der Waals surface area contributed by atoms with Gasteiger partial charge in [0.15, 0.2) is 5.11 Å². The number of thiocarbonyl (C=S) groups is 1. The van der Waals surface area contributed by atoms with Crippen molar-refractivity contribution >= 4 is 45.5 Å². The van der Waals surface area contributed by atoms with E-state index in [1.54, 1.807) is 24.2 Å². The molecule has 0 saturated carbocycles. The van der Waals surface area contributed by atoms with Crippen molar-refractivity contribution in [3.63, 3.8) is 0 Å². The van der Waals surface area contributed by atoms with Crippen molar-refractivity contribution in [3.8, 4) is 0 Å². The van der Waals surface area contributed by atoms with E-state index in [9.17, 15) is 9.59 Å². The minimum atomic E-state index is -0.515. The number of aryl methyl sites for hydroxylation is 1. The van der Waals surface area contributed by atoms with Gasteiger partial charge in [0.2, 0.25) is 0 Å². The minimum Gasteiger partial charge on any atom is -0.465 e. The van der Waals surface area contributed by atoms with E-state index in [1.165, 1.54) is 23.1 Å². The highest BCUT2D eigenvalue weighted by Crippen LogP contribution is 2.34. The molecule has 0 unspecified atom stereocenters. The van der Waals surface area contributed by atoms with Gasteiger partial charge in [-0.3, -0.25) is 4.79 Å². The Labute approximate surface area is 161 Å². The van der Waals surface area contributed by atoms with Gasteiger partial charge in [-0.1, -0.05) is 0 Å². The van der Waals surface area contributed by atoms with Crippen LogP contribution in [0.5, 0.6) is 0 Å². The van der Waals surface area contributed by atoms with Gasteiger partial charge in [0, 0.05) is 19.3 Å². The molecule has 0 bridgehead atoms. The Morgan fingerprint density at radius 2 is 2.00 bits per heavy atom. The molecule has 2 aromatic rings. The number of thiophene rings is 1. The smallest absolute Gasteiger partial charge is 0.341 e. The molecule has 7 nitrogen and oxygen atoms in total. The van der Waals surface area contributed by atoms with Crippen molar-refractivity contribution in [3.05, 3.63) is 34.0 Å². The number of anilines is 1. The molecule has 2 heterocycles. The second kappa shape index (κ2) is 8.41. The van der Waals surface area contributed by atoms with Crippen LogP contribution in [-0.2, 0) is 4.74 Å². The van der Waals surface area contributed by atoms with Gasteiger partial charge in [-0.25, -0.2) is 9.48 Å². The Balaban J connectivity index is 2.44. The van der Waals surface area contributed by atoms with Crippen molar-refractivity contribution in [2.24, 2.45) is 0 Å². The van der Waals surface area contributed by atoms with Crippen LogP contribution in [0.4, 0.5) is 5.00 Å². The third-order valence-corrected chi connectivity index (χ3v) is 5.41. The second-order valence-corrected chi connectivity index (χ2v) is 7.03. The first-order valence-electron chi connectivity index (χ1n) is 8.17. The van der Waals surface area contributed by atoms with Crippen LogP contribution in [0.25, 0.3) is 0 Å². The maximum Gasteiger partial charge on any atom is 0.341 e. The van der Waals surface area contributed by atoms with Crippen LogP contribution >= 0.6 is 23.6 Å². The van der Waals surface area contributed by atoms with E-state index >= 15 is 0 Å². The molecule has 0 aromatic carbocycles. The summed E-state index contributed by atoms with van der Waals surface area (Å²) in [5.74, 6) is -0.629. The van der Waals surface area contributed by atoms with Crippen molar-refractivity contribution in [1.82, 2.24) is 14.7 Å². The first-order valence-corrected chi connectivity index (χ1v) is 9.40. The van der Waals surface area contributed by atoms with Gasteiger partial charge in [-0.2, -0.15) is 5.10 Å². The molecule has 2 rings (SSSR count). The van der Waals surface area contributed by atoms with E-state index in [-0.39, 0.29) is 5.91 Å². The monoisotopic (exact) mass is 394 g/mol. The molecule has 1 amide bonds. The van der Waals surface area contributed by atoms with E-state index in [4.69, 9.17) is 17.0 Å². The third kappa shape index (κ3) is 3.94. The predicted molar refractivity (Wildman–Crippen MR) is 106 cm³/mol. The average molecular weight is 395 g/mol. The summed E-state index contributed by atoms with van der Waals surface area (Å²) in [6, 6.07) is 0. The number of carbonyl (C=O) groups excluding carboxylic acids is 2.